The molecule has 1 atom stereocenters. The minimum atomic E-state index is -1.11. The highest BCUT2D eigenvalue weighted by Gasteiger charge is 2.38. The predicted octanol–water partition coefficient (Wildman–Crippen LogP) is 0.953. The van der Waals surface area contributed by atoms with E-state index in [1.807, 2.05) is 6.07 Å². The van der Waals surface area contributed by atoms with Crippen LogP contribution in [0.15, 0.2) is 18.2 Å². The molecule has 0 saturated heterocycles. The maximum atomic E-state index is 11.7. The molecule has 0 spiro atoms. The second kappa shape index (κ2) is 7.20. The van der Waals surface area contributed by atoms with E-state index >= 15 is 0 Å². The fourth-order valence-corrected chi connectivity index (χ4v) is 2.30. The van der Waals surface area contributed by atoms with Crippen molar-refractivity contribution in [2.24, 2.45) is 0 Å². The number of benzene rings is 1. The fourth-order valence-electron chi connectivity index (χ4n) is 2.30. The van der Waals surface area contributed by atoms with Crippen LogP contribution in [-0.4, -0.2) is 44.3 Å². The molecule has 1 heterocycles. The Labute approximate surface area is 136 Å². The van der Waals surface area contributed by atoms with Crippen molar-refractivity contribution in [3.63, 3.8) is 0 Å². The number of nitrogens with one attached hydrogen (secondary N) is 1. The molecule has 1 unspecified atom stereocenters. The van der Waals surface area contributed by atoms with Crippen LogP contribution in [-0.2, 0) is 14.1 Å². The summed E-state index contributed by atoms with van der Waals surface area (Å²) in [4.78, 5) is 11.7. The number of hydrogen-bond acceptors (Lipinski definition) is 6. The molecule has 8 heteroatoms. The number of alkyl carbamates (subject to hydrolysis) is 1. The number of ether oxygens (including phenoxy) is 3. The summed E-state index contributed by atoms with van der Waals surface area (Å²) < 4.78 is 21.0. The van der Waals surface area contributed by atoms with E-state index in [0.717, 1.165) is 5.56 Å². The summed E-state index contributed by atoms with van der Waals surface area (Å²) in [6, 6.07) is 5.35. The van der Waals surface area contributed by atoms with Gasteiger partial charge in [0.15, 0.2) is 6.79 Å². The molecule has 0 saturated carbocycles. The summed E-state index contributed by atoms with van der Waals surface area (Å²) in [6.45, 7) is 5.63. The molecule has 0 aromatic heterocycles. The zero-order chi connectivity index (χ0) is 17.0. The van der Waals surface area contributed by atoms with Crippen LogP contribution in [0.2, 0.25) is 0 Å². The van der Waals surface area contributed by atoms with Gasteiger partial charge in [-0.1, -0.05) is 12.1 Å². The lowest BCUT2D eigenvalue weighted by atomic mass is 9.78. The van der Waals surface area contributed by atoms with Crippen molar-refractivity contribution in [1.82, 2.24) is 5.32 Å². The van der Waals surface area contributed by atoms with Gasteiger partial charge in [0.1, 0.15) is 11.4 Å². The Morgan fingerprint density at radius 1 is 1.43 bits per heavy atom. The molecule has 0 aliphatic carbocycles. The molecule has 126 valence electrons. The van der Waals surface area contributed by atoms with Crippen LogP contribution in [0, 0.1) is 0 Å². The molecule has 2 rings (SSSR count). The second-order valence-corrected chi connectivity index (χ2v) is 6.17. The van der Waals surface area contributed by atoms with Gasteiger partial charge in [-0.2, -0.15) is 0 Å². The normalized spacial score (nSPS) is 16.9. The Balaban J connectivity index is 2.04. The molecule has 1 amide bonds. The average Bonchev–Trinajstić information content (AvgIpc) is 2.78. The Kier molecular flexibility index (Phi) is 5.51. The standard InChI is InChI=1S/C15H22BNO6/c1-15(2,3)22-14(18)17-8-12-10-6-5-7-11(21-9-20-4)13(10)16(19)23-12/h5-7,12,19H,8-9H2,1-4H3,(H,17,18). The third-order valence-corrected chi connectivity index (χ3v) is 3.15. The lowest BCUT2D eigenvalue weighted by Gasteiger charge is -2.21. The number of carbonyl (C=O) groups excluding carboxylic acids is 1. The quantitative estimate of drug-likeness (QED) is 0.620. The number of amides is 1. The van der Waals surface area contributed by atoms with Gasteiger partial charge in [-0.3, -0.25) is 0 Å². The number of fused-ring (bicyclic) bond motifs is 1. The molecular weight excluding hydrogens is 301 g/mol. The lowest BCUT2D eigenvalue weighted by molar-refractivity contribution is 0.0497. The number of methoxy groups -OCH3 is 1. The first-order valence-electron chi connectivity index (χ1n) is 7.36. The van der Waals surface area contributed by atoms with Crippen LogP contribution < -0.4 is 15.5 Å². The second-order valence-electron chi connectivity index (χ2n) is 6.17. The van der Waals surface area contributed by atoms with Crippen LogP contribution in [0.25, 0.3) is 0 Å². The molecule has 0 fully saturated rings. The van der Waals surface area contributed by atoms with Gasteiger partial charge in [0.05, 0.1) is 6.10 Å². The van der Waals surface area contributed by atoms with Gasteiger partial charge in [0, 0.05) is 19.1 Å². The van der Waals surface area contributed by atoms with Crippen molar-refractivity contribution in [2.75, 3.05) is 20.4 Å². The monoisotopic (exact) mass is 323 g/mol. The van der Waals surface area contributed by atoms with Crippen molar-refractivity contribution in [1.29, 1.82) is 0 Å². The van der Waals surface area contributed by atoms with Gasteiger partial charge in [0.25, 0.3) is 0 Å². The van der Waals surface area contributed by atoms with E-state index in [9.17, 15) is 9.82 Å². The molecule has 1 aromatic carbocycles. The van der Waals surface area contributed by atoms with E-state index in [2.05, 4.69) is 5.32 Å². The van der Waals surface area contributed by atoms with E-state index < -0.39 is 24.9 Å². The lowest BCUT2D eigenvalue weighted by Crippen LogP contribution is -2.35. The minimum Gasteiger partial charge on any atom is -0.468 e. The van der Waals surface area contributed by atoms with Crippen LogP contribution in [0.3, 0.4) is 0 Å². The summed E-state index contributed by atoms with van der Waals surface area (Å²) in [6.07, 6.45) is -1.01. The zero-order valence-electron chi connectivity index (χ0n) is 13.8. The van der Waals surface area contributed by atoms with Crippen LogP contribution in [0.5, 0.6) is 5.75 Å². The minimum absolute atomic E-state index is 0.0734. The summed E-state index contributed by atoms with van der Waals surface area (Å²) in [7, 11) is 0.410. The molecule has 1 aliphatic rings. The predicted molar refractivity (Wildman–Crippen MR) is 84.6 cm³/mol. The Morgan fingerprint density at radius 3 is 2.83 bits per heavy atom. The summed E-state index contributed by atoms with van der Waals surface area (Å²) in [5.41, 5.74) is 0.752. The van der Waals surface area contributed by atoms with Crippen molar-refractivity contribution in [3.05, 3.63) is 23.8 Å². The van der Waals surface area contributed by atoms with E-state index in [0.29, 0.717) is 11.2 Å². The third kappa shape index (κ3) is 4.60. The topological polar surface area (TPSA) is 86.3 Å². The smallest absolute Gasteiger partial charge is 0.468 e. The molecule has 2 N–H and O–H groups in total. The van der Waals surface area contributed by atoms with E-state index in [1.165, 1.54) is 7.11 Å². The SMILES string of the molecule is COCOc1cccc2c1B(O)OC2CNC(=O)OC(C)(C)C. The van der Waals surface area contributed by atoms with E-state index in [1.54, 1.807) is 32.9 Å². The number of carbonyl (C=O) groups is 1. The highest BCUT2D eigenvalue weighted by molar-refractivity contribution is 6.62. The van der Waals surface area contributed by atoms with Crippen molar-refractivity contribution >= 4 is 18.7 Å². The van der Waals surface area contributed by atoms with Crippen molar-refractivity contribution < 1.29 is 28.7 Å². The zero-order valence-corrected chi connectivity index (χ0v) is 13.8. The number of rotatable bonds is 5. The molecule has 7 nitrogen and oxygen atoms in total. The maximum Gasteiger partial charge on any atom is 0.495 e. The van der Waals surface area contributed by atoms with Crippen LogP contribution in [0.1, 0.15) is 32.4 Å². The van der Waals surface area contributed by atoms with Crippen molar-refractivity contribution in [2.45, 2.75) is 32.5 Å². The first-order valence-corrected chi connectivity index (χ1v) is 7.36. The van der Waals surface area contributed by atoms with Crippen LogP contribution in [0.4, 0.5) is 4.79 Å². The Bertz CT molecular complexity index is 559. The van der Waals surface area contributed by atoms with E-state index in [-0.39, 0.29) is 13.3 Å². The first kappa shape index (κ1) is 17.6. The Hall–Kier alpha value is -1.77. The van der Waals surface area contributed by atoms with Gasteiger partial charge < -0.3 is 29.2 Å². The first-order chi connectivity index (χ1) is 10.8. The summed E-state index contributed by atoms with van der Waals surface area (Å²) in [5.74, 6) is 0.497. The van der Waals surface area contributed by atoms with Crippen molar-refractivity contribution in [3.8, 4) is 5.75 Å². The van der Waals surface area contributed by atoms with Gasteiger partial charge in [0.2, 0.25) is 0 Å². The van der Waals surface area contributed by atoms with Crippen LogP contribution >= 0.6 is 0 Å². The molecular formula is C15H22BNO6. The van der Waals surface area contributed by atoms with E-state index in [4.69, 9.17) is 18.9 Å². The average molecular weight is 323 g/mol. The largest absolute Gasteiger partial charge is 0.495 e. The number of hydrogen-bond donors (Lipinski definition) is 2. The molecule has 1 aliphatic heterocycles. The molecule has 1 aromatic rings. The summed E-state index contributed by atoms with van der Waals surface area (Å²) in [5, 5.41) is 12.7. The highest BCUT2D eigenvalue weighted by Crippen LogP contribution is 2.27. The van der Waals surface area contributed by atoms with Gasteiger partial charge in [-0.15, -0.1) is 0 Å². The van der Waals surface area contributed by atoms with Gasteiger partial charge >= 0.3 is 13.2 Å². The molecule has 0 radical (unpaired) electrons. The van der Waals surface area contributed by atoms with Gasteiger partial charge in [-0.25, -0.2) is 4.79 Å². The maximum absolute atomic E-state index is 11.7. The molecule has 0 bridgehead atoms. The fraction of sp³-hybridized carbons (Fsp3) is 0.533. The third-order valence-electron chi connectivity index (χ3n) is 3.15. The van der Waals surface area contributed by atoms with Gasteiger partial charge in [-0.05, 0) is 32.4 Å². The Morgan fingerprint density at radius 2 is 2.17 bits per heavy atom. The summed E-state index contributed by atoms with van der Waals surface area (Å²) >= 11 is 0. The highest BCUT2D eigenvalue weighted by atomic mass is 16.7. The molecule has 23 heavy (non-hydrogen) atoms.